The number of amides is 2. The molecule has 2 aromatic carbocycles. The zero-order chi connectivity index (χ0) is 31.7. The summed E-state index contributed by atoms with van der Waals surface area (Å²) in [5.41, 5.74) is 0.873. The minimum atomic E-state index is -4.24. The fourth-order valence-electron chi connectivity index (χ4n) is 4.39. The van der Waals surface area contributed by atoms with Crippen LogP contribution in [0.4, 0.5) is 8.78 Å². The Bertz CT molecular complexity index is 1680. The van der Waals surface area contributed by atoms with Crippen LogP contribution in [0.5, 0.6) is 5.75 Å². The first kappa shape index (κ1) is 32.2. The predicted molar refractivity (Wildman–Crippen MR) is 156 cm³/mol. The number of ketones is 1. The maximum atomic E-state index is 13.6. The smallest absolute Gasteiger partial charge is 0.387 e. The van der Waals surface area contributed by atoms with Crippen LogP contribution in [0.2, 0.25) is 0 Å². The van der Waals surface area contributed by atoms with Crippen molar-refractivity contribution in [3.63, 3.8) is 0 Å². The van der Waals surface area contributed by atoms with Gasteiger partial charge in [0.2, 0.25) is 11.7 Å². The van der Waals surface area contributed by atoms with Crippen LogP contribution in [0, 0.1) is 0 Å². The molecule has 0 fully saturated rings. The molecule has 0 spiro atoms. The van der Waals surface area contributed by atoms with Crippen LogP contribution in [0.15, 0.2) is 77.5 Å². The third-order valence-corrected chi connectivity index (χ3v) is 8.13. The largest absolute Gasteiger partial charge is 0.435 e. The lowest BCUT2D eigenvalue weighted by molar-refractivity contribution is -0.123. The van der Waals surface area contributed by atoms with Gasteiger partial charge in [0, 0.05) is 23.5 Å². The number of ether oxygens (including phenoxy) is 1. The molecule has 2 heterocycles. The van der Waals surface area contributed by atoms with Gasteiger partial charge in [0.15, 0.2) is 15.4 Å². The molecular weight excluding hydrogens is 598 g/mol. The number of nitrogens with zero attached hydrogens (tertiary/aromatic N) is 2. The average Bonchev–Trinajstić information content (AvgIpc) is 3.44. The number of hydrogen-bond acceptors (Lipinski definition) is 9. The number of sulfone groups is 1. The highest BCUT2D eigenvalue weighted by Crippen LogP contribution is 2.23. The summed E-state index contributed by atoms with van der Waals surface area (Å²) in [4.78, 5) is 48.1. The lowest BCUT2D eigenvalue weighted by atomic mass is 10.0. The summed E-state index contributed by atoms with van der Waals surface area (Å²) in [5.74, 6) is -4.56. The Morgan fingerprint density at radius 3 is 2.36 bits per heavy atom. The van der Waals surface area contributed by atoms with Crippen molar-refractivity contribution in [2.45, 2.75) is 50.6 Å². The van der Waals surface area contributed by atoms with Crippen LogP contribution in [-0.4, -0.2) is 60.4 Å². The number of para-hydroxylation sites is 3. The highest BCUT2D eigenvalue weighted by Gasteiger charge is 2.33. The normalized spacial score (nSPS) is 12.9. The van der Waals surface area contributed by atoms with Crippen molar-refractivity contribution < 1.29 is 40.7 Å². The Morgan fingerprint density at radius 2 is 1.66 bits per heavy atom. The van der Waals surface area contributed by atoms with Crippen molar-refractivity contribution in [3.8, 4) is 5.75 Å². The molecule has 0 unspecified atom stereocenters. The van der Waals surface area contributed by atoms with Crippen molar-refractivity contribution in [1.82, 2.24) is 20.6 Å². The molecular formula is C30H30F2N4O7S. The molecule has 4 rings (SSSR count). The Balaban J connectivity index is 1.59. The van der Waals surface area contributed by atoms with Gasteiger partial charge in [-0.05, 0) is 36.8 Å². The predicted octanol–water partition coefficient (Wildman–Crippen LogP) is 4.10. The Kier molecular flexibility index (Phi) is 10.7. The number of alkyl halides is 2. The Hall–Kier alpha value is -4.72. The molecule has 2 aromatic heterocycles. The summed E-state index contributed by atoms with van der Waals surface area (Å²) in [6.45, 7) is -1.29. The average molecular weight is 629 g/mol. The van der Waals surface area contributed by atoms with Gasteiger partial charge in [-0.25, -0.2) is 13.4 Å². The minimum absolute atomic E-state index is 0.0561. The minimum Gasteiger partial charge on any atom is -0.435 e. The molecule has 0 aliphatic rings. The second-order valence-electron chi connectivity index (χ2n) is 9.86. The number of fused-ring (bicyclic) bond motifs is 1. The molecule has 0 saturated carbocycles. The number of benzene rings is 2. The summed E-state index contributed by atoms with van der Waals surface area (Å²) in [6, 6.07) is 12.0. The maximum absolute atomic E-state index is 13.6. The summed E-state index contributed by atoms with van der Waals surface area (Å²) < 4.78 is 62.4. The molecule has 0 aliphatic carbocycles. The second-order valence-corrected chi connectivity index (χ2v) is 12.0. The van der Waals surface area contributed by atoms with Gasteiger partial charge >= 0.3 is 6.61 Å². The van der Waals surface area contributed by atoms with Gasteiger partial charge in [-0.15, -0.1) is 0 Å². The first-order valence-corrected chi connectivity index (χ1v) is 15.5. The Labute approximate surface area is 251 Å². The molecule has 2 N–H and O–H groups in total. The quantitative estimate of drug-likeness (QED) is 0.185. The molecule has 2 atom stereocenters. The van der Waals surface area contributed by atoms with Crippen molar-refractivity contribution >= 4 is 38.5 Å². The van der Waals surface area contributed by atoms with E-state index >= 15 is 0 Å². The van der Waals surface area contributed by atoms with Gasteiger partial charge in [-0.1, -0.05) is 50.1 Å². The van der Waals surface area contributed by atoms with Gasteiger partial charge in [0.1, 0.15) is 17.3 Å². The molecule has 232 valence electrons. The number of unbranched alkanes of at least 4 members (excludes halogenated alkanes) is 1. The molecule has 0 aliphatic heterocycles. The number of carbonyl (C=O) groups is 3. The van der Waals surface area contributed by atoms with Crippen LogP contribution in [0.3, 0.4) is 0 Å². The molecule has 2 amide bonds. The SMILES string of the molecule is CCCC[C@H](NC(=O)[C@H](CS(=O)(=O)Cc1ccccc1OC(F)F)NC(=O)c1ccncc1)C(=O)c1nc2ccccc2o1. The van der Waals surface area contributed by atoms with E-state index in [1.165, 1.54) is 48.8 Å². The zero-order valence-corrected chi connectivity index (χ0v) is 24.4. The molecule has 44 heavy (non-hydrogen) atoms. The lowest BCUT2D eigenvalue weighted by Gasteiger charge is -2.22. The zero-order valence-electron chi connectivity index (χ0n) is 23.6. The van der Waals surface area contributed by atoms with Crippen LogP contribution in [0.1, 0.15) is 52.8 Å². The van der Waals surface area contributed by atoms with E-state index in [1.54, 1.807) is 24.3 Å². The van der Waals surface area contributed by atoms with Crippen molar-refractivity contribution in [1.29, 1.82) is 0 Å². The number of aromatic nitrogens is 2. The van der Waals surface area contributed by atoms with Gasteiger partial charge in [-0.3, -0.25) is 19.4 Å². The third-order valence-electron chi connectivity index (χ3n) is 6.53. The van der Waals surface area contributed by atoms with E-state index in [2.05, 4.69) is 25.3 Å². The topological polar surface area (TPSA) is 158 Å². The molecule has 11 nitrogen and oxygen atoms in total. The first-order valence-electron chi connectivity index (χ1n) is 13.7. The first-order chi connectivity index (χ1) is 21.1. The number of carbonyl (C=O) groups excluding carboxylic acids is 3. The van der Waals surface area contributed by atoms with E-state index in [0.717, 1.165) is 0 Å². The van der Waals surface area contributed by atoms with Gasteiger partial charge in [0.25, 0.3) is 11.8 Å². The molecule has 0 bridgehead atoms. The molecule has 14 heteroatoms. The standard InChI is InChI=1S/C30H30F2N4O7S/c1-2-3-9-22(26(37)29-36-21-10-5-7-12-25(21)42-29)34-28(39)23(35-27(38)19-13-15-33-16-14-19)18-44(40,41)17-20-8-4-6-11-24(20)43-30(31)32/h4-8,10-16,22-23,30H,2-3,9,17-18H2,1H3,(H,34,39)(H,35,38)/t22-,23-/m0/s1. The summed E-state index contributed by atoms with van der Waals surface area (Å²) >= 11 is 0. The fourth-order valence-corrected chi connectivity index (χ4v) is 5.96. The Morgan fingerprint density at radius 1 is 0.955 bits per heavy atom. The maximum Gasteiger partial charge on any atom is 0.387 e. The number of nitrogens with one attached hydrogen (secondary N) is 2. The van der Waals surface area contributed by atoms with Crippen molar-refractivity contribution in [2.24, 2.45) is 0 Å². The monoisotopic (exact) mass is 628 g/mol. The van der Waals surface area contributed by atoms with E-state index in [1.807, 2.05) is 6.92 Å². The second kappa shape index (κ2) is 14.6. The van der Waals surface area contributed by atoms with Gasteiger partial charge in [-0.2, -0.15) is 8.78 Å². The van der Waals surface area contributed by atoms with Crippen molar-refractivity contribution in [3.05, 3.63) is 90.1 Å². The number of pyridine rings is 1. The molecule has 4 aromatic rings. The highest BCUT2D eigenvalue weighted by atomic mass is 32.2. The fraction of sp³-hybridized carbons (Fsp3) is 0.300. The summed E-state index contributed by atoms with van der Waals surface area (Å²) in [7, 11) is -4.24. The number of hydrogen-bond donors (Lipinski definition) is 2. The van der Waals surface area contributed by atoms with Crippen LogP contribution in [0.25, 0.3) is 11.1 Å². The van der Waals surface area contributed by atoms with E-state index in [9.17, 15) is 31.6 Å². The van der Waals surface area contributed by atoms with Crippen molar-refractivity contribution in [2.75, 3.05) is 5.75 Å². The third kappa shape index (κ3) is 8.66. The van der Waals surface area contributed by atoms with Crippen LogP contribution < -0.4 is 15.4 Å². The summed E-state index contributed by atoms with van der Waals surface area (Å²) in [6.07, 6.45) is 4.10. The van der Waals surface area contributed by atoms with Crippen LogP contribution in [-0.2, 0) is 20.4 Å². The van der Waals surface area contributed by atoms with Gasteiger partial charge in [0.05, 0.1) is 17.5 Å². The van der Waals surface area contributed by atoms with E-state index in [-0.39, 0.29) is 29.2 Å². The summed E-state index contributed by atoms with van der Waals surface area (Å²) in [5, 5.41) is 5.00. The molecule has 0 saturated heterocycles. The van der Waals surface area contributed by atoms with Gasteiger partial charge < -0.3 is 19.8 Å². The van der Waals surface area contributed by atoms with Crippen LogP contribution >= 0.6 is 0 Å². The highest BCUT2D eigenvalue weighted by molar-refractivity contribution is 7.90. The number of Topliss-reactive ketones (excluding diaryl/α,β-unsaturated/α-hetero) is 1. The lowest BCUT2D eigenvalue weighted by Crippen LogP contribution is -2.54. The number of oxazole rings is 1. The number of rotatable bonds is 15. The number of halogens is 2. The van der Waals surface area contributed by atoms with E-state index in [4.69, 9.17) is 4.42 Å². The molecule has 0 radical (unpaired) electrons. The van der Waals surface area contributed by atoms with E-state index < -0.39 is 57.6 Å². The van der Waals surface area contributed by atoms with E-state index in [0.29, 0.717) is 23.9 Å².